The highest BCUT2D eigenvalue weighted by molar-refractivity contribution is 6.32. The van der Waals surface area contributed by atoms with Crippen LogP contribution in [0, 0.1) is 12.8 Å². The van der Waals surface area contributed by atoms with Gasteiger partial charge in [-0.1, -0.05) is 25.4 Å². The number of fused-ring (bicyclic) bond motifs is 1. The summed E-state index contributed by atoms with van der Waals surface area (Å²) in [6, 6.07) is 1.50. The van der Waals surface area contributed by atoms with E-state index in [4.69, 9.17) is 16.0 Å². The van der Waals surface area contributed by atoms with E-state index in [9.17, 15) is 24.6 Å². The minimum absolute atomic E-state index is 0.0803. The average Bonchev–Trinajstić information content (AvgIpc) is 2.51. The molecule has 0 unspecified atom stereocenters. The van der Waals surface area contributed by atoms with Crippen molar-refractivity contribution in [3.8, 4) is 5.75 Å². The summed E-state index contributed by atoms with van der Waals surface area (Å²) in [5, 5.41) is 23.6. The lowest BCUT2D eigenvalue weighted by molar-refractivity contribution is -0.309. The summed E-state index contributed by atoms with van der Waals surface area (Å²) in [4.78, 5) is 35.4. The summed E-state index contributed by atoms with van der Waals surface area (Å²) in [5.41, 5.74) is -0.0368. The fraction of sp³-hybridized carbons (Fsp3) is 0.353. The lowest BCUT2D eigenvalue weighted by Gasteiger charge is -2.23. The highest BCUT2D eigenvalue weighted by Crippen LogP contribution is 2.30. The molecule has 0 saturated carbocycles. The number of nitrogens with one attached hydrogen (secondary N) is 1. The molecule has 1 aromatic heterocycles. The molecule has 1 heterocycles. The monoisotopic (exact) mass is 366 g/mol. The van der Waals surface area contributed by atoms with E-state index in [0.29, 0.717) is 10.9 Å². The molecule has 0 aliphatic rings. The number of amides is 1. The second kappa shape index (κ2) is 7.14. The minimum atomic E-state index is -1.40. The van der Waals surface area contributed by atoms with Gasteiger partial charge >= 0.3 is 5.63 Å². The molecule has 0 aliphatic carbocycles. The van der Waals surface area contributed by atoms with E-state index in [-0.39, 0.29) is 34.3 Å². The van der Waals surface area contributed by atoms with Gasteiger partial charge in [0.15, 0.2) is 0 Å². The first kappa shape index (κ1) is 18.8. The maximum Gasteiger partial charge on any atom is 0.340 e. The van der Waals surface area contributed by atoms with Crippen molar-refractivity contribution in [1.82, 2.24) is 5.32 Å². The Kier molecular flexibility index (Phi) is 5.37. The summed E-state index contributed by atoms with van der Waals surface area (Å²) in [5.74, 6) is -2.63. The number of phenols is 1. The van der Waals surface area contributed by atoms with Crippen LogP contribution in [0.25, 0.3) is 11.0 Å². The molecule has 0 aliphatic heterocycles. The SMILES string of the molecule is Cc1c(CC(=O)N[C@H](C(=O)[O-])C(C)C)c(=O)oc2cc(O)c(Cl)cc12. The first-order valence-corrected chi connectivity index (χ1v) is 7.94. The van der Waals surface area contributed by atoms with E-state index < -0.39 is 23.5 Å². The van der Waals surface area contributed by atoms with Crippen molar-refractivity contribution >= 4 is 34.4 Å². The van der Waals surface area contributed by atoms with Crippen LogP contribution in [0.15, 0.2) is 21.3 Å². The summed E-state index contributed by atoms with van der Waals surface area (Å²) in [6.45, 7) is 4.88. The molecule has 134 valence electrons. The molecule has 1 atom stereocenters. The first-order valence-electron chi connectivity index (χ1n) is 7.56. The highest BCUT2D eigenvalue weighted by atomic mass is 35.5. The lowest BCUT2D eigenvalue weighted by Crippen LogP contribution is -2.51. The van der Waals surface area contributed by atoms with Crippen molar-refractivity contribution in [1.29, 1.82) is 0 Å². The zero-order chi connectivity index (χ0) is 18.9. The number of hydrogen-bond donors (Lipinski definition) is 2. The van der Waals surface area contributed by atoms with E-state index in [0.717, 1.165) is 0 Å². The van der Waals surface area contributed by atoms with Crippen molar-refractivity contribution in [2.24, 2.45) is 5.92 Å². The Labute approximate surface area is 148 Å². The Balaban J connectivity index is 2.38. The number of benzene rings is 1. The maximum absolute atomic E-state index is 12.1. The van der Waals surface area contributed by atoms with Crippen molar-refractivity contribution in [3.63, 3.8) is 0 Å². The quantitative estimate of drug-likeness (QED) is 0.758. The molecule has 0 spiro atoms. The van der Waals surface area contributed by atoms with Gasteiger partial charge in [-0.25, -0.2) is 4.79 Å². The molecule has 1 amide bonds. The number of carbonyl (C=O) groups excluding carboxylic acids is 2. The molecule has 25 heavy (non-hydrogen) atoms. The standard InChI is InChI=1S/C17H18ClNO6/c1-7(2)15(16(22)23)19-14(21)5-10-8(3)9-4-11(18)12(20)6-13(9)25-17(10)24/h4,6-7,15,20H,5H2,1-3H3,(H,19,21)(H,22,23)/p-1/t15-/m0/s1. The van der Waals surface area contributed by atoms with Crippen LogP contribution >= 0.6 is 11.6 Å². The van der Waals surface area contributed by atoms with E-state index in [2.05, 4.69) is 5.32 Å². The topological polar surface area (TPSA) is 120 Å². The third kappa shape index (κ3) is 3.93. The highest BCUT2D eigenvalue weighted by Gasteiger charge is 2.20. The van der Waals surface area contributed by atoms with Gasteiger partial charge in [0.25, 0.3) is 0 Å². The van der Waals surface area contributed by atoms with Crippen LogP contribution in [0.5, 0.6) is 5.75 Å². The number of carboxylic acid groups (broad SMARTS) is 1. The number of aliphatic carboxylic acids is 1. The van der Waals surface area contributed by atoms with E-state index in [1.54, 1.807) is 20.8 Å². The number of aryl methyl sites for hydroxylation is 1. The van der Waals surface area contributed by atoms with Crippen molar-refractivity contribution in [3.05, 3.63) is 38.7 Å². The van der Waals surface area contributed by atoms with Gasteiger partial charge < -0.3 is 24.7 Å². The Morgan fingerprint density at radius 3 is 2.56 bits per heavy atom. The number of aromatic hydroxyl groups is 1. The van der Waals surface area contributed by atoms with Crippen LogP contribution in [0.1, 0.15) is 25.0 Å². The van der Waals surface area contributed by atoms with Gasteiger partial charge in [-0.05, 0) is 24.5 Å². The largest absolute Gasteiger partial charge is 0.548 e. The van der Waals surface area contributed by atoms with Crippen LogP contribution in [0.4, 0.5) is 0 Å². The zero-order valence-corrected chi connectivity index (χ0v) is 14.6. The molecular formula is C17H17ClNO6-. The van der Waals surface area contributed by atoms with Gasteiger partial charge in [0.05, 0.1) is 29.0 Å². The third-order valence-corrected chi connectivity index (χ3v) is 4.23. The van der Waals surface area contributed by atoms with Gasteiger partial charge in [-0.15, -0.1) is 0 Å². The van der Waals surface area contributed by atoms with E-state index >= 15 is 0 Å². The predicted octanol–water partition coefficient (Wildman–Crippen LogP) is 0.894. The van der Waals surface area contributed by atoms with Crippen molar-refractivity contribution in [2.45, 2.75) is 33.2 Å². The number of rotatable bonds is 5. The number of hydrogen-bond acceptors (Lipinski definition) is 6. The van der Waals surface area contributed by atoms with Crippen LogP contribution in [-0.4, -0.2) is 23.0 Å². The van der Waals surface area contributed by atoms with Crippen LogP contribution in [0.2, 0.25) is 5.02 Å². The van der Waals surface area contributed by atoms with E-state index in [1.165, 1.54) is 12.1 Å². The molecule has 8 heteroatoms. The summed E-state index contributed by atoms with van der Waals surface area (Å²) in [7, 11) is 0. The van der Waals surface area contributed by atoms with E-state index in [1.807, 2.05) is 0 Å². The molecule has 0 fully saturated rings. The fourth-order valence-corrected chi connectivity index (χ4v) is 2.65. The lowest BCUT2D eigenvalue weighted by atomic mass is 10.0. The smallest absolute Gasteiger partial charge is 0.340 e. The maximum atomic E-state index is 12.1. The summed E-state index contributed by atoms with van der Waals surface area (Å²) >= 11 is 5.87. The third-order valence-electron chi connectivity index (χ3n) is 3.93. The molecule has 0 bridgehead atoms. The summed E-state index contributed by atoms with van der Waals surface area (Å²) in [6.07, 6.45) is -0.348. The number of halogens is 1. The fourth-order valence-electron chi connectivity index (χ4n) is 2.48. The predicted molar refractivity (Wildman–Crippen MR) is 89.4 cm³/mol. The molecule has 2 aromatic rings. The molecule has 7 nitrogen and oxygen atoms in total. The molecule has 2 N–H and O–H groups in total. The zero-order valence-electron chi connectivity index (χ0n) is 13.9. The average molecular weight is 367 g/mol. The molecule has 1 aromatic carbocycles. The second-order valence-electron chi connectivity index (χ2n) is 6.08. The molecule has 0 saturated heterocycles. The van der Waals surface area contributed by atoms with Crippen LogP contribution in [-0.2, 0) is 16.0 Å². The van der Waals surface area contributed by atoms with Crippen molar-refractivity contribution < 1.29 is 24.2 Å². The van der Waals surface area contributed by atoms with Gasteiger partial charge in [0.2, 0.25) is 5.91 Å². The van der Waals surface area contributed by atoms with Crippen molar-refractivity contribution in [2.75, 3.05) is 0 Å². The Hall–Kier alpha value is -2.54. The molecule has 2 rings (SSSR count). The normalized spacial score (nSPS) is 12.4. The second-order valence-corrected chi connectivity index (χ2v) is 6.49. The number of carboxylic acids is 1. The van der Waals surface area contributed by atoms with Crippen LogP contribution in [0.3, 0.4) is 0 Å². The summed E-state index contributed by atoms with van der Waals surface area (Å²) < 4.78 is 5.13. The van der Waals surface area contributed by atoms with Gasteiger partial charge in [-0.2, -0.15) is 0 Å². The Bertz CT molecular complexity index is 902. The van der Waals surface area contributed by atoms with Crippen LogP contribution < -0.4 is 16.0 Å². The number of carbonyl (C=O) groups is 2. The molecular weight excluding hydrogens is 350 g/mol. The van der Waals surface area contributed by atoms with Gasteiger partial charge in [0.1, 0.15) is 11.3 Å². The Morgan fingerprint density at radius 1 is 1.36 bits per heavy atom. The molecule has 0 radical (unpaired) electrons. The van der Waals surface area contributed by atoms with Gasteiger partial charge in [-0.3, -0.25) is 4.79 Å². The minimum Gasteiger partial charge on any atom is -0.548 e. The van der Waals surface area contributed by atoms with Gasteiger partial charge in [0, 0.05) is 11.5 Å². The first-order chi connectivity index (χ1) is 11.6. The Morgan fingerprint density at radius 2 is 2.00 bits per heavy atom. The number of phenolic OH excluding ortho intramolecular Hbond substituents is 1.